The van der Waals surface area contributed by atoms with Crippen molar-refractivity contribution in [3.63, 3.8) is 0 Å². The van der Waals surface area contributed by atoms with Crippen molar-refractivity contribution in [1.82, 2.24) is 4.90 Å². The van der Waals surface area contributed by atoms with Gasteiger partial charge in [0.1, 0.15) is 19.8 Å². The molecular weight excluding hydrogens is 614 g/mol. The van der Waals surface area contributed by atoms with E-state index in [1.807, 2.05) is 0 Å². The number of hydrogen-bond donors (Lipinski definition) is 3. The molecule has 0 fully saturated rings. The molecule has 0 aromatic heterocycles. The molecule has 0 amide bonds. The monoisotopic (exact) mass is 673 g/mol. The molecule has 0 aliphatic carbocycles. The summed E-state index contributed by atoms with van der Waals surface area (Å²) in [7, 11) is 0. The van der Waals surface area contributed by atoms with E-state index in [1.165, 1.54) is 0 Å². The maximum Gasteiger partial charge on any atom is 0.344 e. The second-order valence-corrected chi connectivity index (χ2v) is 7.96. The van der Waals surface area contributed by atoms with Crippen molar-refractivity contribution in [2.24, 2.45) is 5.41 Å². The van der Waals surface area contributed by atoms with E-state index in [0.717, 1.165) is 12.2 Å². The normalized spacial score (nSPS) is 9.30. The molecule has 0 aliphatic heterocycles. The topological polar surface area (TPSA) is 222 Å². The van der Waals surface area contributed by atoms with Crippen LogP contribution in [0.3, 0.4) is 0 Å². The zero-order valence-corrected chi connectivity index (χ0v) is 21.9. The minimum absolute atomic E-state index is 0. The SMILES string of the molecule is C.C.C.C.C.C.C=CC(=O)OCC(=O)OCC(CO)(COC(=O)COC(=O)C=C)COC(=O)COC(=O)CCN(CCO)CCO. The summed E-state index contributed by atoms with van der Waals surface area (Å²) in [5, 5.41) is 27.9. The molecule has 3 N–H and O–H groups in total. The van der Waals surface area contributed by atoms with E-state index < -0.39 is 87.5 Å². The Bertz CT molecular complexity index is 830. The molecule has 0 rings (SSSR count). The molecule has 0 saturated heterocycles. The number of esters is 6. The van der Waals surface area contributed by atoms with Gasteiger partial charge in [0.05, 0.1) is 31.7 Å². The molecule has 0 aromatic carbocycles. The molecule has 0 heterocycles. The molecule has 0 radical (unpaired) electrons. The quantitative estimate of drug-likeness (QED) is 0.0831. The van der Waals surface area contributed by atoms with Crippen molar-refractivity contribution in [3.05, 3.63) is 25.3 Å². The number of nitrogens with zero attached hydrogens (tertiary/aromatic N) is 1. The van der Waals surface area contributed by atoms with Crippen LogP contribution in [0.1, 0.15) is 51.0 Å². The van der Waals surface area contributed by atoms with Gasteiger partial charge in [-0.15, -0.1) is 0 Å². The molecule has 0 spiro atoms. The lowest BCUT2D eigenvalue weighted by molar-refractivity contribution is -0.174. The smallest absolute Gasteiger partial charge is 0.344 e. The van der Waals surface area contributed by atoms with Crippen LogP contribution in [0.2, 0.25) is 0 Å². The van der Waals surface area contributed by atoms with Crippen LogP contribution in [0.25, 0.3) is 0 Å². The third-order valence-corrected chi connectivity index (χ3v) is 4.77. The highest BCUT2D eigenvalue weighted by Crippen LogP contribution is 2.20. The van der Waals surface area contributed by atoms with Crippen molar-refractivity contribution < 1.29 is 72.5 Å². The van der Waals surface area contributed by atoms with Crippen molar-refractivity contribution in [3.8, 4) is 0 Å². The lowest BCUT2D eigenvalue weighted by Gasteiger charge is -2.30. The van der Waals surface area contributed by atoms with Crippen LogP contribution >= 0.6 is 0 Å². The van der Waals surface area contributed by atoms with Crippen molar-refractivity contribution in [2.75, 3.05) is 79.1 Å². The molecule has 0 saturated carbocycles. The minimum atomic E-state index is -1.70. The molecule has 46 heavy (non-hydrogen) atoms. The van der Waals surface area contributed by atoms with Gasteiger partial charge in [0.25, 0.3) is 0 Å². The highest BCUT2D eigenvalue weighted by Gasteiger charge is 2.36. The van der Waals surface area contributed by atoms with E-state index >= 15 is 0 Å². The third-order valence-electron chi connectivity index (χ3n) is 4.77. The summed E-state index contributed by atoms with van der Waals surface area (Å²) >= 11 is 0. The van der Waals surface area contributed by atoms with E-state index in [9.17, 15) is 33.9 Å². The Morgan fingerprint density at radius 1 is 0.543 bits per heavy atom. The van der Waals surface area contributed by atoms with Gasteiger partial charge in [-0.05, 0) is 0 Å². The van der Waals surface area contributed by atoms with Gasteiger partial charge in [-0.3, -0.25) is 9.69 Å². The van der Waals surface area contributed by atoms with E-state index in [2.05, 4.69) is 22.6 Å². The number of aliphatic hydroxyl groups excluding tert-OH is 3. The second kappa shape index (κ2) is 34.0. The van der Waals surface area contributed by atoms with Crippen molar-refractivity contribution in [2.45, 2.75) is 51.0 Å². The van der Waals surface area contributed by atoms with Crippen LogP contribution in [-0.4, -0.2) is 135 Å². The predicted molar refractivity (Wildman–Crippen MR) is 171 cm³/mol. The number of ether oxygens (including phenoxy) is 6. The summed E-state index contributed by atoms with van der Waals surface area (Å²) in [4.78, 5) is 71.7. The van der Waals surface area contributed by atoms with Gasteiger partial charge in [0.15, 0.2) is 19.8 Å². The molecular formula is C30H59NO15. The standard InChI is InChI=1S/C24H35NO15.6CH4/c1-3-18(29)35-11-21(32)38-15-24(14-28,16-39-22(33)12-36-19(30)4-2)17-40-23(34)13-37-20(31)5-6-25(7-9-26)8-10-27;;;;;;/h3-4,26-28H,1-2,5-17H2;6*1H4. The highest BCUT2D eigenvalue weighted by molar-refractivity contribution is 5.84. The average molecular weight is 674 g/mol. The van der Waals surface area contributed by atoms with Crippen molar-refractivity contribution >= 4 is 35.8 Å². The van der Waals surface area contributed by atoms with Crippen LogP contribution in [-0.2, 0) is 57.2 Å². The Labute approximate surface area is 274 Å². The van der Waals surface area contributed by atoms with Gasteiger partial charge in [-0.2, -0.15) is 0 Å². The number of carbonyl (C=O) groups excluding carboxylic acids is 6. The lowest BCUT2D eigenvalue weighted by atomic mass is 9.92. The second-order valence-electron chi connectivity index (χ2n) is 7.96. The Hall–Kier alpha value is -3.86. The van der Waals surface area contributed by atoms with Gasteiger partial charge in [-0.1, -0.05) is 57.7 Å². The fraction of sp³-hybridized carbons (Fsp3) is 0.667. The number of aliphatic hydroxyl groups is 3. The van der Waals surface area contributed by atoms with Crippen LogP contribution < -0.4 is 0 Å². The first-order chi connectivity index (χ1) is 19.0. The van der Waals surface area contributed by atoms with E-state index in [4.69, 9.17) is 29.2 Å². The lowest BCUT2D eigenvalue weighted by Crippen LogP contribution is -2.43. The molecule has 0 unspecified atom stereocenters. The van der Waals surface area contributed by atoms with E-state index in [1.54, 1.807) is 4.90 Å². The van der Waals surface area contributed by atoms with Gasteiger partial charge >= 0.3 is 35.8 Å². The van der Waals surface area contributed by atoms with Gasteiger partial charge in [-0.25, -0.2) is 24.0 Å². The third kappa shape index (κ3) is 27.7. The maximum atomic E-state index is 12.1. The fourth-order valence-electron chi connectivity index (χ4n) is 2.54. The zero-order valence-electron chi connectivity index (χ0n) is 21.9. The summed E-state index contributed by atoms with van der Waals surface area (Å²) in [6.07, 6.45) is 1.49. The summed E-state index contributed by atoms with van der Waals surface area (Å²) in [6.45, 7) is 1.29. The number of carbonyl (C=O) groups is 6. The van der Waals surface area contributed by atoms with Gasteiger partial charge in [0.2, 0.25) is 0 Å². The highest BCUT2D eigenvalue weighted by atomic mass is 16.6. The summed E-state index contributed by atoms with van der Waals surface area (Å²) < 4.78 is 28.8. The molecule has 16 heteroatoms. The maximum absolute atomic E-state index is 12.1. The zero-order chi connectivity index (χ0) is 30.4. The van der Waals surface area contributed by atoms with Gasteiger partial charge in [0, 0.05) is 31.8 Å². The Balaban J connectivity index is -0.000000507. The Morgan fingerprint density at radius 2 is 0.891 bits per heavy atom. The first-order valence-corrected chi connectivity index (χ1v) is 11.8. The summed E-state index contributed by atoms with van der Waals surface area (Å²) in [5.74, 6) is -5.70. The average Bonchev–Trinajstić information content (AvgIpc) is 2.96. The first-order valence-electron chi connectivity index (χ1n) is 11.8. The van der Waals surface area contributed by atoms with E-state index in [0.29, 0.717) is 0 Å². The molecule has 0 aromatic rings. The minimum Gasteiger partial charge on any atom is -0.462 e. The number of rotatable bonds is 22. The van der Waals surface area contributed by atoms with Crippen LogP contribution in [0.5, 0.6) is 0 Å². The van der Waals surface area contributed by atoms with Gasteiger partial charge < -0.3 is 43.7 Å². The fourth-order valence-corrected chi connectivity index (χ4v) is 2.54. The Kier molecular flexibility index (Phi) is 42.7. The molecule has 0 bridgehead atoms. The van der Waals surface area contributed by atoms with E-state index in [-0.39, 0.29) is 83.8 Å². The molecule has 0 aliphatic rings. The molecule has 16 nitrogen and oxygen atoms in total. The predicted octanol–water partition coefficient (Wildman–Crippen LogP) is 1.09. The summed E-state index contributed by atoms with van der Waals surface area (Å²) in [6, 6.07) is 0. The van der Waals surface area contributed by atoms with Crippen LogP contribution in [0.4, 0.5) is 0 Å². The summed E-state index contributed by atoms with van der Waals surface area (Å²) in [5.41, 5.74) is -1.70. The Morgan fingerprint density at radius 3 is 1.20 bits per heavy atom. The largest absolute Gasteiger partial charge is 0.462 e. The number of hydrogen-bond acceptors (Lipinski definition) is 16. The van der Waals surface area contributed by atoms with Crippen molar-refractivity contribution in [1.29, 1.82) is 0 Å². The van der Waals surface area contributed by atoms with Crippen LogP contribution in [0, 0.1) is 5.41 Å². The molecule has 274 valence electrons. The first kappa shape index (κ1) is 57.8. The molecule has 0 atom stereocenters. The van der Waals surface area contributed by atoms with Crippen LogP contribution in [0.15, 0.2) is 25.3 Å².